The Labute approximate surface area is 181 Å². The Morgan fingerprint density at radius 1 is 1.17 bits per heavy atom. The first kappa shape index (κ1) is 22.9. The fourth-order valence-corrected chi connectivity index (χ4v) is 3.89. The maximum Gasteiger partial charge on any atom is 0.192 e. The highest BCUT2D eigenvalue weighted by molar-refractivity contribution is 6.74. The first-order chi connectivity index (χ1) is 14.1. The molecule has 3 rings (SSSR count). The van der Waals surface area contributed by atoms with E-state index in [1.54, 1.807) is 6.20 Å². The summed E-state index contributed by atoms with van der Waals surface area (Å²) in [6.07, 6.45) is 1.91. The van der Waals surface area contributed by atoms with Crippen LogP contribution in [0.2, 0.25) is 18.1 Å². The monoisotopic (exact) mass is 429 g/mol. The Kier molecular flexibility index (Phi) is 7.28. The number of hydrogen-bond acceptors (Lipinski definition) is 6. The summed E-state index contributed by atoms with van der Waals surface area (Å²) in [6.45, 7) is 14.9. The van der Waals surface area contributed by atoms with Crippen molar-refractivity contribution in [1.29, 1.82) is 0 Å². The lowest BCUT2D eigenvalue weighted by Crippen LogP contribution is -2.42. The van der Waals surface area contributed by atoms with Gasteiger partial charge in [-0.25, -0.2) is 9.97 Å². The molecular weight excluding hydrogens is 394 g/mol. The highest BCUT2D eigenvalue weighted by Crippen LogP contribution is 2.37. The lowest BCUT2D eigenvalue weighted by Gasteiger charge is -2.36. The van der Waals surface area contributed by atoms with Crippen LogP contribution in [0.4, 0.5) is 0 Å². The van der Waals surface area contributed by atoms with Gasteiger partial charge in [-0.05, 0) is 55.5 Å². The van der Waals surface area contributed by atoms with Crippen molar-refractivity contribution < 1.29 is 13.9 Å². The van der Waals surface area contributed by atoms with Crippen LogP contribution < -0.4 is 4.74 Å². The van der Waals surface area contributed by atoms with Gasteiger partial charge in [0.1, 0.15) is 18.5 Å². The highest BCUT2D eigenvalue weighted by atomic mass is 28.4. The van der Waals surface area contributed by atoms with E-state index in [-0.39, 0.29) is 11.1 Å². The van der Waals surface area contributed by atoms with E-state index >= 15 is 0 Å². The Morgan fingerprint density at radius 2 is 1.90 bits per heavy atom. The second-order valence-electron chi connectivity index (χ2n) is 9.51. The van der Waals surface area contributed by atoms with E-state index < -0.39 is 8.32 Å². The van der Waals surface area contributed by atoms with Gasteiger partial charge in [0.25, 0.3) is 0 Å². The number of ether oxygens (including phenoxy) is 2. The van der Waals surface area contributed by atoms with Gasteiger partial charge in [0, 0.05) is 24.8 Å². The van der Waals surface area contributed by atoms with Crippen molar-refractivity contribution in [3.8, 4) is 17.1 Å². The summed E-state index contributed by atoms with van der Waals surface area (Å²) in [4.78, 5) is 11.4. The first-order valence-electron chi connectivity index (χ1n) is 10.6. The molecule has 1 aromatic carbocycles. The molecule has 2 aromatic rings. The van der Waals surface area contributed by atoms with Gasteiger partial charge in [0.15, 0.2) is 14.1 Å². The van der Waals surface area contributed by atoms with E-state index in [9.17, 15) is 0 Å². The molecule has 1 atom stereocenters. The van der Waals surface area contributed by atoms with Gasteiger partial charge in [-0.3, -0.25) is 0 Å². The standard InChI is InChI=1S/C23H35N3O3Si/c1-23(2,3)30(5,6)29-16-19-11-12-24-22(25-19)18-7-9-20(10-8-18)28-17-21-15-26(4)13-14-27-21/h7-12,21H,13-17H2,1-6H3/t21-/m0/s1. The van der Waals surface area contributed by atoms with E-state index in [2.05, 4.69) is 50.8 Å². The van der Waals surface area contributed by atoms with Crippen LogP contribution in [0.3, 0.4) is 0 Å². The number of likely N-dealkylation sites (N-methyl/N-ethyl adjacent to an activating group) is 1. The minimum atomic E-state index is -1.81. The predicted octanol–water partition coefficient (Wildman–Crippen LogP) is 4.37. The maximum absolute atomic E-state index is 6.30. The molecule has 1 aliphatic rings. The van der Waals surface area contributed by atoms with Crippen LogP contribution in [-0.4, -0.2) is 62.6 Å². The van der Waals surface area contributed by atoms with Crippen LogP contribution >= 0.6 is 0 Å². The summed E-state index contributed by atoms with van der Waals surface area (Å²) >= 11 is 0. The summed E-state index contributed by atoms with van der Waals surface area (Å²) in [5, 5.41) is 0.177. The Bertz CT molecular complexity index is 821. The average Bonchev–Trinajstić information content (AvgIpc) is 2.71. The number of nitrogens with zero attached hydrogens (tertiary/aromatic N) is 3. The molecule has 7 heteroatoms. The van der Waals surface area contributed by atoms with Gasteiger partial charge in [0.2, 0.25) is 0 Å². The smallest absolute Gasteiger partial charge is 0.192 e. The Morgan fingerprint density at radius 3 is 2.57 bits per heavy atom. The molecule has 0 N–H and O–H groups in total. The van der Waals surface area contributed by atoms with Crippen molar-refractivity contribution in [2.24, 2.45) is 0 Å². The molecule has 2 heterocycles. The van der Waals surface area contributed by atoms with Crippen molar-refractivity contribution >= 4 is 8.32 Å². The second kappa shape index (κ2) is 9.56. The molecule has 0 bridgehead atoms. The fourth-order valence-electron chi connectivity index (χ4n) is 2.94. The summed E-state index contributed by atoms with van der Waals surface area (Å²) in [7, 11) is 0.297. The van der Waals surface area contributed by atoms with Gasteiger partial charge in [0.05, 0.1) is 18.9 Å². The third-order valence-electron chi connectivity index (χ3n) is 5.99. The molecule has 0 aliphatic carbocycles. The maximum atomic E-state index is 6.30. The SMILES string of the molecule is CN1CCO[C@H](COc2ccc(-c3nccc(CO[Si](C)(C)C(C)(C)C)n3)cc2)C1. The highest BCUT2D eigenvalue weighted by Gasteiger charge is 2.37. The summed E-state index contributed by atoms with van der Waals surface area (Å²) in [5.41, 5.74) is 1.87. The molecule has 0 unspecified atom stereocenters. The van der Waals surface area contributed by atoms with Crippen molar-refractivity contribution in [3.63, 3.8) is 0 Å². The molecule has 0 spiro atoms. The summed E-state index contributed by atoms with van der Waals surface area (Å²) in [6, 6.07) is 9.84. The number of morpholine rings is 1. The number of hydrogen-bond donors (Lipinski definition) is 0. The molecule has 1 aliphatic heterocycles. The van der Waals surface area contributed by atoms with Crippen LogP contribution in [0.1, 0.15) is 26.5 Å². The number of rotatable bonds is 7. The third-order valence-corrected chi connectivity index (χ3v) is 10.5. The van der Waals surface area contributed by atoms with E-state index in [1.807, 2.05) is 30.3 Å². The topological polar surface area (TPSA) is 56.7 Å². The second-order valence-corrected chi connectivity index (χ2v) is 14.3. The first-order valence-corrected chi connectivity index (χ1v) is 13.5. The molecule has 0 amide bonds. The summed E-state index contributed by atoms with van der Waals surface area (Å²) < 4.78 is 18.0. The lowest BCUT2D eigenvalue weighted by molar-refractivity contribution is -0.0403. The molecule has 1 aromatic heterocycles. The molecule has 30 heavy (non-hydrogen) atoms. The van der Waals surface area contributed by atoms with E-state index in [0.29, 0.717) is 19.0 Å². The molecule has 0 radical (unpaired) electrons. The van der Waals surface area contributed by atoms with Crippen LogP contribution in [0, 0.1) is 0 Å². The molecular formula is C23H35N3O3Si. The van der Waals surface area contributed by atoms with Crippen molar-refractivity contribution in [3.05, 3.63) is 42.2 Å². The van der Waals surface area contributed by atoms with Gasteiger partial charge in [-0.2, -0.15) is 0 Å². The normalized spacial score (nSPS) is 18.4. The van der Waals surface area contributed by atoms with Gasteiger partial charge in [-0.15, -0.1) is 0 Å². The quantitative estimate of drug-likeness (QED) is 0.609. The summed E-state index contributed by atoms with van der Waals surface area (Å²) in [5.74, 6) is 1.53. The predicted molar refractivity (Wildman–Crippen MR) is 122 cm³/mol. The third kappa shape index (κ3) is 6.10. The molecule has 1 fully saturated rings. The largest absolute Gasteiger partial charge is 0.491 e. The molecule has 6 nitrogen and oxygen atoms in total. The lowest BCUT2D eigenvalue weighted by atomic mass is 10.2. The Hall–Kier alpha value is -1.80. The average molecular weight is 430 g/mol. The van der Waals surface area contributed by atoms with Crippen LogP contribution in [-0.2, 0) is 15.8 Å². The van der Waals surface area contributed by atoms with Gasteiger partial charge in [-0.1, -0.05) is 20.8 Å². The zero-order valence-electron chi connectivity index (χ0n) is 19.1. The van der Waals surface area contributed by atoms with Gasteiger partial charge < -0.3 is 18.8 Å². The van der Waals surface area contributed by atoms with Crippen LogP contribution in [0.15, 0.2) is 36.5 Å². The molecule has 0 saturated carbocycles. The van der Waals surface area contributed by atoms with Crippen molar-refractivity contribution in [2.45, 2.75) is 51.6 Å². The Balaban J connectivity index is 1.59. The van der Waals surface area contributed by atoms with E-state index in [0.717, 1.165) is 36.7 Å². The zero-order valence-corrected chi connectivity index (χ0v) is 20.1. The zero-order chi connectivity index (χ0) is 21.8. The van der Waals surface area contributed by atoms with E-state index in [1.165, 1.54) is 0 Å². The molecule has 164 valence electrons. The van der Waals surface area contributed by atoms with Gasteiger partial charge >= 0.3 is 0 Å². The minimum absolute atomic E-state index is 0.115. The fraction of sp³-hybridized carbons (Fsp3) is 0.565. The minimum Gasteiger partial charge on any atom is -0.491 e. The van der Waals surface area contributed by atoms with Crippen molar-refractivity contribution in [2.75, 3.05) is 33.4 Å². The number of aromatic nitrogens is 2. The molecule has 1 saturated heterocycles. The van der Waals surface area contributed by atoms with Crippen molar-refractivity contribution in [1.82, 2.24) is 14.9 Å². The van der Waals surface area contributed by atoms with Crippen LogP contribution in [0.5, 0.6) is 5.75 Å². The van der Waals surface area contributed by atoms with E-state index in [4.69, 9.17) is 18.9 Å². The van der Waals surface area contributed by atoms with Crippen LogP contribution in [0.25, 0.3) is 11.4 Å². The number of benzene rings is 1.